The van der Waals surface area contributed by atoms with E-state index >= 15 is 0 Å². The summed E-state index contributed by atoms with van der Waals surface area (Å²) in [5.41, 5.74) is 7.59. The predicted octanol–water partition coefficient (Wildman–Crippen LogP) is 2.36. The summed E-state index contributed by atoms with van der Waals surface area (Å²) in [6, 6.07) is 8.89. The molecule has 3 N–H and O–H groups in total. The lowest BCUT2D eigenvalue weighted by molar-refractivity contribution is -0.121. The molecular weight excluding hydrogens is 262 g/mol. The van der Waals surface area contributed by atoms with Crippen LogP contribution in [0.1, 0.15) is 44.6 Å². The van der Waals surface area contributed by atoms with E-state index in [1.165, 1.54) is 12.8 Å². The Morgan fingerprint density at radius 1 is 1.33 bits per heavy atom. The van der Waals surface area contributed by atoms with Gasteiger partial charge in [0.05, 0.1) is 0 Å². The fourth-order valence-corrected chi connectivity index (χ4v) is 2.54. The van der Waals surface area contributed by atoms with Crippen LogP contribution in [0.5, 0.6) is 0 Å². The minimum Gasteiger partial charge on any atom is -0.399 e. The highest BCUT2D eigenvalue weighted by Gasteiger charge is 2.29. The smallest absolute Gasteiger partial charge is 0.220 e. The molecule has 0 heterocycles. The fraction of sp³-hybridized carbons (Fsp3) is 0.588. The van der Waals surface area contributed by atoms with Gasteiger partial charge in [0.15, 0.2) is 0 Å². The van der Waals surface area contributed by atoms with E-state index in [9.17, 15) is 4.79 Å². The molecule has 0 radical (unpaired) electrons. The zero-order chi connectivity index (χ0) is 15.4. The first-order valence-electron chi connectivity index (χ1n) is 7.81. The zero-order valence-corrected chi connectivity index (χ0v) is 13.3. The molecule has 0 saturated heterocycles. The average molecular weight is 289 g/mol. The first kappa shape index (κ1) is 15.8. The molecule has 2 rings (SSSR count). The number of rotatable bonds is 7. The summed E-state index contributed by atoms with van der Waals surface area (Å²) in [6.07, 6.45) is 3.11. The molecule has 0 spiro atoms. The molecule has 4 heteroatoms. The van der Waals surface area contributed by atoms with Crippen LogP contribution in [0, 0.1) is 0 Å². The Hall–Kier alpha value is -1.55. The van der Waals surface area contributed by atoms with Crippen LogP contribution in [0.25, 0.3) is 0 Å². The molecule has 0 aromatic heterocycles. The fourth-order valence-electron chi connectivity index (χ4n) is 2.54. The normalized spacial score (nSPS) is 17.5. The number of nitrogens with zero attached hydrogens (tertiary/aromatic N) is 1. The molecule has 1 aliphatic rings. The number of carbonyl (C=O) groups is 1. The van der Waals surface area contributed by atoms with Gasteiger partial charge in [-0.15, -0.1) is 0 Å². The van der Waals surface area contributed by atoms with Crippen LogP contribution in [-0.2, 0) is 4.79 Å². The van der Waals surface area contributed by atoms with Crippen LogP contribution in [0.3, 0.4) is 0 Å². The van der Waals surface area contributed by atoms with Crippen molar-refractivity contribution in [3.8, 4) is 0 Å². The van der Waals surface area contributed by atoms with Gasteiger partial charge in [0, 0.05) is 30.7 Å². The second-order valence-electron chi connectivity index (χ2n) is 6.32. The lowest BCUT2D eigenvalue weighted by atomic mass is 9.97. The molecule has 2 unspecified atom stereocenters. The van der Waals surface area contributed by atoms with Gasteiger partial charge in [-0.2, -0.15) is 0 Å². The molecule has 0 aliphatic heterocycles. The van der Waals surface area contributed by atoms with Gasteiger partial charge in [0.2, 0.25) is 5.91 Å². The van der Waals surface area contributed by atoms with E-state index in [0.717, 1.165) is 23.8 Å². The van der Waals surface area contributed by atoms with Crippen LogP contribution in [0.15, 0.2) is 24.3 Å². The van der Waals surface area contributed by atoms with Crippen molar-refractivity contribution < 1.29 is 4.79 Å². The summed E-state index contributed by atoms with van der Waals surface area (Å²) in [5, 5.41) is 3.05. The molecule has 116 valence electrons. The van der Waals surface area contributed by atoms with E-state index in [0.29, 0.717) is 12.5 Å². The van der Waals surface area contributed by atoms with E-state index in [1.54, 1.807) is 0 Å². The van der Waals surface area contributed by atoms with E-state index in [-0.39, 0.29) is 11.8 Å². The SMILES string of the molecule is CC(CC(=O)NCC(C)N(C)C1CC1)c1ccc(N)cc1. The van der Waals surface area contributed by atoms with Gasteiger partial charge < -0.3 is 11.1 Å². The van der Waals surface area contributed by atoms with Crippen LogP contribution >= 0.6 is 0 Å². The van der Waals surface area contributed by atoms with E-state index < -0.39 is 0 Å². The summed E-state index contributed by atoms with van der Waals surface area (Å²) < 4.78 is 0. The number of benzene rings is 1. The maximum atomic E-state index is 12.1. The molecule has 1 fully saturated rings. The van der Waals surface area contributed by atoms with Gasteiger partial charge in [0.25, 0.3) is 0 Å². The van der Waals surface area contributed by atoms with Crippen molar-refractivity contribution in [2.24, 2.45) is 0 Å². The lowest BCUT2D eigenvalue weighted by Crippen LogP contribution is -2.41. The molecular formula is C17H27N3O. The van der Waals surface area contributed by atoms with Crippen LogP contribution in [0.4, 0.5) is 5.69 Å². The number of hydrogen-bond acceptors (Lipinski definition) is 3. The third kappa shape index (κ3) is 4.74. The van der Waals surface area contributed by atoms with Crippen LogP contribution < -0.4 is 11.1 Å². The number of anilines is 1. The van der Waals surface area contributed by atoms with Crippen molar-refractivity contribution in [3.63, 3.8) is 0 Å². The molecule has 21 heavy (non-hydrogen) atoms. The number of hydrogen-bond donors (Lipinski definition) is 2. The first-order valence-corrected chi connectivity index (χ1v) is 7.81. The lowest BCUT2D eigenvalue weighted by Gasteiger charge is -2.24. The Morgan fingerprint density at radius 2 is 1.95 bits per heavy atom. The summed E-state index contributed by atoms with van der Waals surface area (Å²) in [6.45, 7) is 4.97. The van der Waals surface area contributed by atoms with Gasteiger partial charge >= 0.3 is 0 Å². The van der Waals surface area contributed by atoms with Crippen LogP contribution in [-0.4, -0.2) is 36.5 Å². The third-order valence-electron chi connectivity index (χ3n) is 4.41. The van der Waals surface area contributed by atoms with Gasteiger partial charge in [0.1, 0.15) is 0 Å². The molecule has 1 aliphatic carbocycles. The Kier molecular flexibility index (Phi) is 5.23. The zero-order valence-electron chi connectivity index (χ0n) is 13.3. The van der Waals surface area contributed by atoms with Crippen molar-refractivity contribution in [3.05, 3.63) is 29.8 Å². The van der Waals surface area contributed by atoms with Gasteiger partial charge in [-0.1, -0.05) is 19.1 Å². The number of carbonyl (C=O) groups excluding carboxylic acids is 1. The maximum Gasteiger partial charge on any atom is 0.220 e. The minimum absolute atomic E-state index is 0.121. The first-order chi connectivity index (χ1) is 9.97. The predicted molar refractivity (Wildman–Crippen MR) is 87.1 cm³/mol. The molecule has 0 bridgehead atoms. The van der Waals surface area contributed by atoms with Crippen molar-refractivity contribution in [2.45, 2.75) is 51.1 Å². The number of nitrogens with two attached hydrogens (primary N) is 1. The van der Waals surface area contributed by atoms with Crippen molar-refractivity contribution >= 4 is 11.6 Å². The van der Waals surface area contributed by atoms with Crippen molar-refractivity contribution in [2.75, 3.05) is 19.3 Å². The molecule has 1 saturated carbocycles. The van der Waals surface area contributed by atoms with Gasteiger partial charge in [-0.05, 0) is 50.4 Å². The summed E-state index contributed by atoms with van der Waals surface area (Å²) >= 11 is 0. The average Bonchev–Trinajstić information content (AvgIpc) is 3.29. The topological polar surface area (TPSA) is 58.4 Å². The molecule has 1 amide bonds. The number of nitrogen functional groups attached to an aromatic ring is 1. The number of nitrogens with one attached hydrogen (secondary N) is 1. The molecule has 1 aromatic rings. The van der Waals surface area contributed by atoms with Crippen molar-refractivity contribution in [1.29, 1.82) is 0 Å². The Morgan fingerprint density at radius 3 is 2.52 bits per heavy atom. The monoisotopic (exact) mass is 289 g/mol. The van der Waals surface area contributed by atoms with Crippen molar-refractivity contribution in [1.82, 2.24) is 10.2 Å². The van der Waals surface area contributed by atoms with Crippen LogP contribution in [0.2, 0.25) is 0 Å². The molecule has 4 nitrogen and oxygen atoms in total. The molecule has 2 atom stereocenters. The standard InChI is InChI=1S/C17H27N3O/c1-12(14-4-6-15(18)7-5-14)10-17(21)19-11-13(2)20(3)16-8-9-16/h4-7,12-13,16H,8-11,18H2,1-3H3,(H,19,21). The highest BCUT2D eigenvalue weighted by molar-refractivity contribution is 5.76. The Bertz CT molecular complexity index is 467. The number of amides is 1. The summed E-state index contributed by atoms with van der Waals surface area (Å²) in [4.78, 5) is 14.4. The van der Waals surface area contributed by atoms with E-state index in [2.05, 4.69) is 31.1 Å². The summed E-state index contributed by atoms with van der Waals surface area (Å²) in [7, 11) is 2.14. The van der Waals surface area contributed by atoms with Gasteiger partial charge in [-0.3, -0.25) is 9.69 Å². The second kappa shape index (κ2) is 6.94. The quantitative estimate of drug-likeness (QED) is 0.758. The second-order valence-corrected chi connectivity index (χ2v) is 6.32. The molecule has 1 aromatic carbocycles. The van der Waals surface area contributed by atoms with E-state index in [4.69, 9.17) is 5.73 Å². The van der Waals surface area contributed by atoms with E-state index in [1.807, 2.05) is 24.3 Å². The Labute approximate surface area is 127 Å². The highest BCUT2D eigenvalue weighted by Crippen LogP contribution is 2.26. The largest absolute Gasteiger partial charge is 0.399 e. The Balaban J connectivity index is 1.74. The maximum absolute atomic E-state index is 12.1. The highest BCUT2D eigenvalue weighted by atomic mass is 16.1. The minimum atomic E-state index is 0.121. The number of likely N-dealkylation sites (N-methyl/N-ethyl adjacent to an activating group) is 1. The third-order valence-corrected chi connectivity index (χ3v) is 4.41. The van der Waals surface area contributed by atoms with Gasteiger partial charge in [-0.25, -0.2) is 0 Å². The summed E-state index contributed by atoms with van der Waals surface area (Å²) in [5.74, 6) is 0.331.